The molecule has 0 N–H and O–H groups in total. The molecule has 1 aliphatic heterocycles. The predicted octanol–water partition coefficient (Wildman–Crippen LogP) is 2.09. The van der Waals surface area contributed by atoms with Crippen LogP contribution in [0, 0.1) is 6.92 Å². The van der Waals surface area contributed by atoms with Crippen molar-refractivity contribution in [2.75, 3.05) is 33.3 Å². The topological polar surface area (TPSA) is 58.8 Å². The summed E-state index contributed by atoms with van der Waals surface area (Å²) in [7, 11) is 1.40. The first kappa shape index (κ1) is 16.7. The summed E-state index contributed by atoms with van der Waals surface area (Å²) < 4.78 is 10.0. The minimum atomic E-state index is -0.294. The molecule has 0 atom stereocenters. The number of methoxy groups -OCH3 is 1. The zero-order valence-electron chi connectivity index (χ0n) is 14.2. The summed E-state index contributed by atoms with van der Waals surface area (Å²) >= 11 is 0. The minimum Gasteiger partial charge on any atom is -0.465 e. The summed E-state index contributed by atoms with van der Waals surface area (Å²) in [6.45, 7) is 7.73. The smallest absolute Gasteiger partial charge is 0.337 e. The van der Waals surface area contributed by atoms with Gasteiger partial charge in [0.25, 0.3) is 0 Å². The number of carbonyl (C=O) groups excluding carboxylic acids is 1. The van der Waals surface area contributed by atoms with Crippen LogP contribution in [0.5, 0.6) is 0 Å². The molecule has 0 radical (unpaired) electrons. The molecule has 2 aromatic rings. The maximum absolute atomic E-state index is 11.5. The van der Waals surface area contributed by atoms with Crippen molar-refractivity contribution in [2.45, 2.75) is 20.0 Å². The van der Waals surface area contributed by atoms with Gasteiger partial charge in [-0.05, 0) is 24.6 Å². The van der Waals surface area contributed by atoms with Gasteiger partial charge in [-0.15, -0.1) is 0 Å². The molecule has 0 spiro atoms. The molecule has 24 heavy (non-hydrogen) atoms. The second-order valence-electron chi connectivity index (χ2n) is 6.18. The molecule has 2 heterocycles. The zero-order valence-corrected chi connectivity index (χ0v) is 14.2. The Labute approximate surface area is 142 Å². The van der Waals surface area contributed by atoms with Crippen molar-refractivity contribution in [1.29, 1.82) is 0 Å². The van der Waals surface area contributed by atoms with Gasteiger partial charge in [-0.25, -0.2) is 4.79 Å². The quantitative estimate of drug-likeness (QED) is 0.783. The van der Waals surface area contributed by atoms with Gasteiger partial charge in [0.15, 0.2) is 5.76 Å². The molecular formula is C18H23N3O3. The Morgan fingerprint density at radius 1 is 1.12 bits per heavy atom. The van der Waals surface area contributed by atoms with Gasteiger partial charge in [0.2, 0.25) is 0 Å². The highest BCUT2D eigenvalue weighted by molar-refractivity contribution is 5.89. The highest BCUT2D eigenvalue weighted by atomic mass is 16.5. The van der Waals surface area contributed by atoms with Crippen LogP contribution >= 0.6 is 0 Å². The van der Waals surface area contributed by atoms with Gasteiger partial charge >= 0.3 is 5.97 Å². The molecule has 0 bridgehead atoms. The number of aryl methyl sites for hydroxylation is 1. The molecule has 6 heteroatoms. The molecule has 0 aliphatic carbocycles. The lowest BCUT2D eigenvalue weighted by Gasteiger charge is -2.34. The average Bonchev–Trinajstić information content (AvgIpc) is 3.01. The fourth-order valence-electron chi connectivity index (χ4n) is 2.94. The van der Waals surface area contributed by atoms with Gasteiger partial charge in [0.05, 0.1) is 24.9 Å². The van der Waals surface area contributed by atoms with Crippen LogP contribution in [0.25, 0.3) is 0 Å². The molecule has 0 amide bonds. The Hall–Kier alpha value is -2.18. The maximum atomic E-state index is 11.5. The Kier molecular flexibility index (Phi) is 5.27. The summed E-state index contributed by atoms with van der Waals surface area (Å²) in [6.07, 6.45) is 0. The molecule has 3 rings (SSSR count). The van der Waals surface area contributed by atoms with E-state index in [0.717, 1.165) is 50.7 Å². The van der Waals surface area contributed by atoms with Crippen molar-refractivity contribution in [1.82, 2.24) is 15.0 Å². The van der Waals surface area contributed by atoms with E-state index in [1.807, 2.05) is 37.3 Å². The van der Waals surface area contributed by atoms with E-state index in [2.05, 4.69) is 15.0 Å². The number of piperazine rings is 1. The molecule has 1 aliphatic rings. The van der Waals surface area contributed by atoms with Crippen LogP contribution in [0.1, 0.15) is 27.4 Å². The maximum Gasteiger partial charge on any atom is 0.337 e. The molecule has 1 aromatic heterocycles. The number of aromatic nitrogens is 1. The number of rotatable bonds is 5. The standard InChI is InChI=1S/C18H23N3O3/c1-14-11-17(24-19-14)13-21-9-7-20(8-10-21)12-15-3-5-16(6-4-15)18(22)23-2/h3-6,11H,7-10,12-13H2,1-2H3. The number of esters is 1. The van der Waals surface area contributed by atoms with E-state index in [1.54, 1.807) is 0 Å². The summed E-state index contributed by atoms with van der Waals surface area (Å²) in [5.41, 5.74) is 2.73. The van der Waals surface area contributed by atoms with Crippen LogP contribution < -0.4 is 0 Å². The second-order valence-corrected chi connectivity index (χ2v) is 6.18. The molecule has 0 unspecified atom stereocenters. The lowest BCUT2D eigenvalue weighted by Crippen LogP contribution is -2.45. The van der Waals surface area contributed by atoms with E-state index in [4.69, 9.17) is 9.26 Å². The summed E-state index contributed by atoms with van der Waals surface area (Å²) in [5, 5.41) is 3.93. The first-order valence-corrected chi connectivity index (χ1v) is 8.18. The Balaban J connectivity index is 1.47. The van der Waals surface area contributed by atoms with Gasteiger partial charge < -0.3 is 9.26 Å². The average molecular weight is 329 g/mol. The lowest BCUT2D eigenvalue weighted by molar-refractivity contribution is 0.0600. The van der Waals surface area contributed by atoms with Gasteiger partial charge in [-0.3, -0.25) is 9.80 Å². The summed E-state index contributed by atoms with van der Waals surface area (Å²) in [4.78, 5) is 16.3. The van der Waals surface area contributed by atoms with Gasteiger partial charge in [0.1, 0.15) is 0 Å². The second kappa shape index (κ2) is 7.59. The lowest BCUT2D eigenvalue weighted by atomic mass is 10.1. The van der Waals surface area contributed by atoms with Crippen LogP contribution in [-0.4, -0.2) is 54.2 Å². The fraction of sp³-hybridized carbons (Fsp3) is 0.444. The molecule has 1 saturated heterocycles. The fourth-order valence-corrected chi connectivity index (χ4v) is 2.94. The van der Waals surface area contributed by atoms with Crippen molar-refractivity contribution >= 4 is 5.97 Å². The SMILES string of the molecule is COC(=O)c1ccc(CN2CCN(Cc3cc(C)no3)CC2)cc1. The zero-order chi connectivity index (χ0) is 16.9. The third kappa shape index (κ3) is 4.21. The van der Waals surface area contributed by atoms with Crippen LogP contribution in [0.4, 0.5) is 0 Å². The molecule has 6 nitrogen and oxygen atoms in total. The number of hydrogen-bond acceptors (Lipinski definition) is 6. The summed E-state index contributed by atoms with van der Waals surface area (Å²) in [6, 6.07) is 9.63. The Morgan fingerprint density at radius 3 is 2.29 bits per heavy atom. The molecule has 1 aromatic carbocycles. The van der Waals surface area contributed by atoms with E-state index in [0.29, 0.717) is 5.56 Å². The molecular weight excluding hydrogens is 306 g/mol. The number of hydrogen-bond donors (Lipinski definition) is 0. The monoisotopic (exact) mass is 329 g/mol. The van der Waals surface area contributed by atoms with Crippen molar-refractivity contribution in [3.05, 3.63) is 52.9 Å². The van der Waals surface area contributed by atoms with Gasteiger partial charge in [-0.1, -0.05) is 17.3 Å². The largest absolute Gasteiger partial charge is 0.465 e. The number of benzene rings is 1. The van der Waals surface area contributed by atoms with Crippen molar-refractivity contribution in [3.8, 4) is 0 Å². The normalized spacial score (nSPS) is 16.2. The van der Waals surface area contributed by atoms with Crippen molar-refractivity contribution in [2.24, 2.45) is 0 Å². The van der Waals surface area contributed by atoms with E-state index >= 15 is 0 Å². The minimum absolute atomic E-state index is 0.294. The highest BCUT2D eigenvalue weighted by Gasteiger charge is 2.18. The third-order valence-electron chi connectivity index (χ3n) is 4.30. The van der Waals surface area contributed by atoms with Crippen LogP contribution in [0.15, 0.2) is 34.9 Å². The molecule has 0 saturated carbocycles. The van der Waals surface area contributed by atoms with Crippen molar-refractivity contribution in [3.63, 3.8) is 0 Å². The number of nitrogens with zero attached hydrogens (tertiary/aromatic N) is 3. The van der Waals surface area contributed by atoms with Gasteiger partial charge in [0, 0.05) is 38.8 Å². The molecule has 128 valence electrons. The summed E-state index contributed by atoms with van der Waals surface area (Å²) in [5.74, 6) is 0.636. The van der Waals surface area contributed by atoms with Crippen LogP contribution in [-0.2, 0) is 17.8 Å². The van der Waals surface area contributed by atoms with E-state index in [9.17, 15) is 4.79 Å². The highest BCUT2D eigenvalue weighted by Crippen LogP contribution is 2.13. The number of carbonyl (C=O) groups is 1. The first-order valence-electron chi connectivity index (χ1n) is 8.18. The third-order valence-corrected chi connectivity index (χ3v) is 4.30. The van der Waals surface area contributed by atoms with Crippen LogP contribution in [0.3, 0.4) is 0 Å². The van der Waals surface area contributed by atoms with Gasteiger partial charge in [-0.2, -0.15) is 0 Å². The van der Waals surface area contributed by atoms with E-state index < -0.39 is 0 Å². The predicted molar refractivity (Wildman–Crippen MR) is 89.6 cm³/mol. The van der Waals surface area contributed by atoms with E-state index in [-0.39, 0.29) is 5.97 Å². The van der Waals surface area contributed by atoms with Crippen molar-refractivity contribution < 1.29 is 14.1 Å². The first-order chi connectivity index (χ1) is 11.6. The Bertz CT molecular complexity index is 673. The molecule has 1 fully saturated rings. The van der Waals surface area contributed by atoms with E-state index in [1.165, 1.54) is 12.7 Å². The Morgan fingerprint density at radius 2 is 1.75 bits per heavy atom. The van der Waals surface area contributed by atoms with Crippen LogP contribution in [0.2, 0.25) is 0 Å². The number of ether oxygens (including phenoxy) is 1.